The first kappa shape index (κ1) is 14.3. The quantitative estimate of drug-likeness (QED) is 0.898. The Bertz CT molecular complexity index is 698. The zero-order chi connectivity index (χ0) is 15.5. The molecule has 0 saturated carbocycles. The van der Waals surface area contributed by atoms with Gasteiger partial charge in [-0.05, 0) is 12.5 Å². The molecule has 1 saturated heterocycles. The van der Waals surface area contributed by atoms with Crippen molar-refractivity contribution in [2.24, 2.45) is 0 Å². The van der Waals surface area contributed by atoms with E-state index in [2.05, 4.69) is 19.4 Å². The van der Waals surface area contributed by atoms with Crippen molar-refractivity contribution in [3.63, 3.8) is 0 Å². The number of carbonyl (C=O) groups is 1. The van der Waals surface area contributed by atoms with Crippen molar-refractivity contribution in [2.75, 3.05) is 13.1 Å². The molecule has 1 fully saturated rings. The van der Waals surface area contributed by atoms with Gasteiger partial charge < -0.3 is 14.1 Å². The second kappa shape index (κ2) is 6.00. The van der Waals surface area contributed by atoms with Crippen LogP contribution in [0.15, 0.2) is 27.9 Å². The first-order valence-corrected chi connectivity index (χ1v) is 7.04. The summed E-state index contributed by atoms with van der Waals surface area (Å²) in [5, 5.41) is 0. The third-order valence-corrected chi connectivity index (χ3v) is 3.51. The first-order valence-electron chi connectivity index (χ1n) is 7.04. The highest BCUT2D eigenvalue weighted by Gasteiger charge is 2.26. The maximum atomic E-state index is 12.1. The van der Waals surface area contributed by atoms with Crippen LogP contribution in [0.4, 0.5) is 0 Å². The lowest BCUT2D eigenvalue weighted by Crippen LogP contribution is -2.42. The van der Waals surface area contributed by atoms with Crippen LogP contribution in [0.25, 0.3) is 0 Å². The van der Waals surface area contributed by atoms with E-state index in [4.69, 9.17) is 4.74 Å². The lowest BCUT2D eigenvalue weighted by molar-refractivity contribution is 0.0573. The van der Waals surface area contributed by atoms with Crippen LogP contribution >= 0.6 is 0 Å². The summed E-state index contributed by atoms with van der Waals surface area (Å²) in [6.07, 6.45) is 5.91. The molecule has 1 amide bonds. The van der Waals surface area contributed by atoms with E-state index in [0.717, 1.165) is 11.8 Å². The molecule has 8 nitrogen and oxygen atoms in total. The molecule has 2 aromatic heterocycles. The second-order valence-corrected chi connectivity index (χ2v) is 5.21. The van der Waals surface area contributed by atoms with Gasteiger partial charge in [0.25, 0.3) is 5.91 Å². The van der Waals surface area contributed by atoms with Gasteiger partial charge in [-0.2, -0.15) is 0 Å². The number of carbonyl (C=O) groups excluding carboxylic acids is 1. The number of likely N-dealkylation sites (tertiary alicyclic amines) is 1. The Balaban J connectivity index is 1.55. The highest BCUT2D eigenvalue weighted by Crippen LogP contribution is 2.17. The lowest BCUT2D eigenvalue weighted by atomic mass is 10.1. The predicted molar refractivity (Wildman–Crippen MR) is 75.7 cm³/mol. The fourth-order valence-corrected chi connectivity index (χ4v) is 2.32. The fraction of sp³-hybridized carbons (Fsp3) is 0.429. The number of nitrogens with zero attached hydrogens (tertiary/aromatic N) is 3. The molecule has 1 N–H and O–H groups in total. The van der Waals surface area contributed by atoms with E-state index in [-0.39, 0.29) is 17.7 Å². The number of aromatic nitrogens is 3. The van der Waals surface area contributed by atoms with E-state index in [1.807, 2.05) is 6.92 Å². The summed E-state index contributed by atoms with van der Waals surface area (Å²) in [5.41, 5.74) is 1.15. The zero-order valence-electron chi connectivity index (χ0n) is 12.1. The zero-order valence-corrected chi connectivity index (χ0v) is 12.1. The van der Waals surface area contributed by atoms with Gasteiger partial charge in [0.2, 0.25) is 0 Å². The number of nitrogens with one attached hydrogen (secondary N) is 1. The molecular formula is C14H16N4O4. The van der Waals surface area contributed by atoms with E-state index in [1.54, 1.807) is 17.3 Å². The Morgan fingerprint density at radius 3 is 2.64 bits per heavy atom. The van der Waals surface area contributed by atoms with Crippen LogP contribution in [-0.4, -0.2) is 45.0 Å². The van der Waals surface area contributed by atoms with Gasteiger partial charge in [0, 0.05) is 38.3 Å². The van der Waals surface area contributed by atoms with Crippen LogP contribution in [0, 0.1) is 6.92 Å². The van der Waals surface area contributed by atoms with Gasteiger partial charge in [-0.1, -0.05) is 0 Å². The average molecular weight is 304 g/mol. The van der Waals surface area contributed by atoms with Crippen molar-refractivity contribution in [3.8, 4) is 6.01 Å². The Hall–Kier alpha value is -2.64. The summed E-state index contributed by atoms with van der Waals surface area (Å²) in [6.45, 7) is 3.00. The van der Waals surface area contributed by atoms with Crippen molar-refractivity contribution in [1.82, 2.24) is 19.9 Å². The predicted octanol–water partition coefficient (Wildman–Crippen LogP) is 0.750. The molecule has 0 aliphatic carbocycles. The average Bonchev–Trinajstić information content (AvgIpc) is 2.96. The molecule has 2 aromatic rings. The summed E-state index contributed by atoms with van der Waals surface area (Å²) >= 11 is 0. The highest BCUT2D eigenvalue weighted by atomic mass is 16.5. The number of H-pyrrole nitrogens is 1. The molecule has 8 heteroatoms. The van der Waals surface area contributed by atoms with Crippen molar-refractivity contribution >= 4 is 5.91 Å². The van der Waals surface area contributed by atoms with Crippen molar-refractivity contribution in [1.29, 1.82) is 0 Å². The number of aromatic amines is 1. The number of ether oxygens (including phenoxy) is 1. The Kier molecular flexibility index (Phi) is 3.90. The molecule has 3 rings (SSSR count). The number of piperidine rings is 1. The van der Waals surface area contributed by atoms with Gasteiger partial charge in [0.1, 0.15) is 18.1 Å². The third kappa shape index (κ3) is 3.16. The topological polar surface area (TPSA) is 101 Å². The molecule has 0 atom stereocenters. The maximum absolute atomic E-state index is 12.1. The maximum Gasteiger partial charge on any atom is 0.416 e. The highest BCUT2D eigenvalue weighted by molar-refractivity contribution is 5.91. The Labute approximate surface area is 126 Å². The minimum atomic E-state index is -0.627. The van der Waals surface area contributed by atoms with Crippen LogP contribution in [-0.2, 0) is 0 Å². The summed E-state index contributed by atoms with van der Waals surface area (Å²) in [7, 11) is 0. The van der Waals surface area contributed by atoms with E-state index in [9.17, 15) is 9.59 Å². The smallest absolute Gasteiger partial charge is 0.416 e. The standard InChI is InChI=1S/C14H16N4O4/c1-9-6-15-13(16-7-9)22-10-2-4-18(5-3-10)12(19)11-8-21-14(20)17-11/h6-8,10H,2-5H2,1H3,(H,17,20). The molecule has 0 spiro atoms. The molecular weight excluding hydrogens is 288 g/mol. The molecule has 0 radical (unpaired) electrons. The van der Waals surface area contributed by atoms with E-state index >= 15 is 0 Å². The molecule has 0 bridgehead atoms. The molecule has 0 unspecified atom stereocenters. The van der Waals surface area contributed by atoms with Crippen LogP contribution in [0.2, 0.25) is 0 Å². The van der Waals surface area contributed by atoms with Gasteiger partial charge in [0.05, 0.1) is 0 Å². The van der Waals surface area contributed by atoms with Crippen LogP contribution in [0.5, 0.6) is 6.01 Å². The SMILES string of the molecule is Cc1cnc(OC2CCN(C(=O)c3coc(=O)[nH]3)CC2)nc1. The van der Waals surface area contributed by atoms with Crippen LogP contribution in [0.3, 0.4) is 0 Å². The van der Waals surface area contributed by atoms with Crippen molar-refractivity contribution < 1.29 is 13.9 Å². The van der Waals surface area contributed by atoms with Gasteiger partial charge in [-0.25, -0.2) is 14.8 Å². The minimum Gasteiger partial charge on any atom is -0.460 e. The van der Waals surface area contributed by atoms with Crippen LogP contribution in [0.1, 0.15) is 28.9 Å². The van der Waals surface area contributed by atoms with E-state index < -0.39 is 5.76 Å². The van der Waals surface area contributed by atoms with Crippen molar-refractivity contribution in [2.45, 2.75) is 25.9 Å². The van der Waals surface area contributed by atoms with Gasteiger partial charge in [0.15, 0.2) is 0 Å². The van der Waals surface area contributed by atoms with E-state index in [0.29, 0.717) is 31.9 Å². The molecule has 22 heavy (non-hydrogen) atoms. The first-order chi connectivity index (χ1) is 10.6. The van der Waals surface area contributed by atoms with Crippen molar-refractivity contribution in [3.05, 3.63) is 40.5 Å². The lowest BCUT2D eigenvalue weighted by Gasteiger charge is -2.31. The number of oxazole rings is 1. The number of rotatable bonds is 3. The van der Waals surface area contributed by atoms with Gasteiger partial charge in [-0.15, -0.1) is 0 Å². The number of amides is 1. The summed E-state index contributed by atoms with van der Waals surface area (Å²) < 4.78 is 10.3. The Morgan fingerprint density at radius 2 is 2.05 bits per heavy atom. The van der Waals surface area contributed by atoms with Gasteiger partial charge in [-0.3, -0.25) is 9.78 Å². The summed E-state index contributed by atoms with van der Waals surface area (Å²) in [4.78, 5) is 35.3. The number of hydrogen-bond acceptors (Lipinski definition) is 6. The molecule has 1 aliphatic heterocycles. The summed E-state index contributed by atoms with van der Waals surface area (Å²) in [5.74, 6) is -0.867. The fourth-order valence-electron chi connectivity index (χ4n) is 2.32. The largest absolute Gasteiger partial charge is 0.460 e. The monoisotopic (exact) mass is 304 g/mol. The normalized spacial score (nSPS) is 15.8. The molecule has 3 heterocycles. The van der Waals surface area contributed by atoms with E-state index in [1.165, 1.54) is 0 Å². The van der Waals surface area contributed by atoms with Gasteiger partial charge >= 0.3 is 11.8 Å². The van der Waals surface area contributed by atoms with Crippen LogP contribution < -0.4 is 10.5 Å². The second-order valence-electron chi connectivity index (χ2n) is 5.21. The summed E-state index contributed by atoms with van der Waals surface area (Å²) in [6, 6.07) is 0.356. The third-order valence-electron chi connectivity index (χ3n) is 3.51. The molecule has 116 valence electrons. The minimum absolute atomic E-state index is 0.0184. The molecule has 0 aromatic carbocycles. The number of aryl methyl sites for hydroxylation is 1. The molecule has 1 aliphatic rings. The number of hydrogen-bond donors (Lipinski definition) is 1. The Morgan fingerprint density at radius 1 is 1.36 bits per heavy atom.